The molecule has 0 amide bonds. The van der Waals surface area contributed by atoms with Crippen LogP contribution in [-0.4, -0.2) is 34.6 Å². The van der Waals surface area contributed by atoms with Crippen molar-refractivity contribution in [2.24, 2.45) is 16.8 Å². The lowest BCUT2D eigenvalue weighted by Gasteiger charge is -2.43. The number of hydrogen-bond acceptors (Lipinski definition) is 3. The molecule has 1 aliphatic carbocycles. The van der Waals surface area contributed by atoms with E-state index in [1.54, 1.807) is 0 Å². The molecule has 4 nitrogen and oxygen atoms in total. The first-order chi connectivity index (χ1) is 8.22. The summed E-state index contributed by atoms with van der Waals surface area (Å²) in [6.07, 6.45) is 8.69. The molecule has 1 heterocycles. The second-order valence-electron chi connectivity index (χ2n) is 5.69. The molecule has 0 aromatic heterocycles. The van der Waals surface area contributed by atoms with Crippen LogP contribution in [0.3, 0.4) is 0 Å². The molecule has 2 aliphatic rings. The van der Waals surface area contributed by atoms with E-state index in [9.17, 15) is 0 Å². The fourth-order valence-corrected chi connectivity index (χ4v) is 3.35. The highest BCUT2D eigenvalue weighted by Crippen LogP contribution is 2.31. The topological polar surface area (TPSA) is 61.8 Å². The quantitative estimate of drug-likeness (QED) is 0.336. The van der Waals surface area contributed by atoms with Gasteiger partial charge in [-0.3, -0.25) is 4.90 Å². The third-order valence-corrected chi connectivity index (χ3v) is 4.46. The first-order valence-corrected chi connectivity index (χ1v) is 6.95. The summed E-state index contributed by atoms with van der Waals surface area (Å²) in [5.74, 6) is 1.28. The lowest BCUT2D eigenvalue weighted by molar-refractivity contribution is 0.0915. The van der Waals surface area contributed by atoms with Gasteiger partial charge in [-0.2, -0.15) is 0 Å². The number of nitrogens with two attached hydrogens (primary N) is 1. The third-order valence-electron chi connectivity index (χ3n) is 4.46. The van der Waals surface area contributed by atoms with E-state index >= 15 is 0 Å². The van der Waals surface area contributed by atoms with E-state index < -0.39 is 0 Å². The molecule has 0 spiro atoms. The lowest BCUT2D eigenvalue weighted by atomic mass is 9.84. The Labute approximate surface area is 104 Å². The number of rotatable bonds is 2. The molecule has 0 radical (unpaired) electrons. The van der Waals surface area contributed by atoms with Crippen LogP contribution in [0.15, 0.2) is 5.16 Å². The Morgan fingerprint density at radius 1 is 1.18 bits per heavy atom. The first kappa shape index (κ1) is 12.7. The van der Waals surface area contributed by atoms with Gasteiger partial charge in [0.15, 0.2) is 5.84 Å². The van der Waals surface area contributed by atoms with Gasteiger partial charge in [0.1, 0.15) is 0 Å². The molecule has 1 aliphatic heterocycles. The Morgan fingerprint density at radius 3 is 2.53 bits per heavy atom. The van der Waals surface area contributed by atoms with Gasteiger partial charge in [0.05, 0.1) is 6.04 Å². The SMILES string of the molecule is CC1CCC(N2CCCCC2C(N)=NO)CC1. The lowest BCUT2D eigenvalue weighted by Crippen LogP contribution is -2.53. The minimum atomic E-state index is 0.173. The highest BCUT2D eigenvalue weighted by atomic mass is 16.4. The van der Waals surface area contributed by atoms with Crippen LogP contribution in [0.4, 0.5) is 0 Å². The minimum Gasteiger partial charge on any atom is -0.409 e. The predicted octanol–water partition coefficient (Wildman–Crippen LogP) is 2.17. The van der Waals surface area contributed by atoms with Crippen molar-refractivity contribution in [3.8, 4) is 0 Å². The summed E-state index contributed by atoms with van der Waals surface area (Å²) in [6.45, 7) is 3.45. The molecule has 1 saturated heterocycles. The van der Waals surface area contributed by atoms with Crippen molar-refractivity contribution in [3.63, 3.8) is 0 Å². The second kappa shape index (κ2) is 5.71. The summed E-state index contributed by atoms with van der Waals surface area (Å²) in [5, 5.41) is 12.1. The summed E-state index contributed by atoms with van der Waals surface area (Å²) >= 11 is 0. The van der Waals surface area contributed by atoms with Crippen molar-refractivity contribution in [2.45, 2.75) is 64.0 Å². The average Bonchev–Trinajstić information content (AvgIpc) is 2.39. The Balaban J connectivity index is 2.01. The Morgan fingerprint density at radius 2 is 1.88 bits per heavy atom. The summed E-state index contributed by atoms with van der Waals surface area (Å²) in [7, 11) is 0. The van der Waals surface area contributed by atoms with Crippen LogP contribution < -0.4 is 5.73 Å². The Bertz CT molecular complexity index is 272. The molecule has 2 fully saturated rings. The Hall–Kier alpha value is -0.770. The van der Waals surface area contributed by atoms with Crippen molar-refractivity contribution in [1.29, 1.82) is 0 Å². The van der Waals surface area contributed by atoms with Gasteiger partial charge < -0.3 is 10.9 Å². The molecular formula is C13H25N3O. The molecule has 98 valence electrons. The molecule has 2 rings (SSSR count). The monoisotopic (exact) mass is 239 g/mol. The first-order valence-electron chi connectivity index (χ1n) is 6.95. The van der Waals surface area contributed by atoms with Crippen molar-refractivity contribution in [3.05, 3.63) is 0 Å². The average molecular weight is 239 g/mol. The summed E-state index contributed by atoms with van der Waals surface area (Å²) < 4.78 is 0. The van der Waals surface area contributed by atoms with E-state index in [-0.39, 0.29) is 6.04 Å². The van der Waals surface area contributed by atoms with Crippen LogP contribution in [0.25, 0.3) is 0 Å². The van der Waals surface area contributed by atoms with E-state index in [2.05, 4.69) is 17.0 Å². The molecule has 1 saturated carbocycles. The van der Waals surface area contributed by atoms with Gasteiger partial charge in [0, 0.05) is 6.04 Å². The Kier molecular flexibility index (Phi) is 4.26. The molecule has 0 aromatic carbocycles. The van der Waals surface area contributed by atoms with Gasteiger partial charge >= 0.3 is 0 Å². The number of nitrogens with zero attached hydrogens (tertiary/aromatic N) is 2. The number of hydrogen-bond donors (Lipinski definition) is 2. The van der Waals surface area contributed by atoms with Crippen LogP contribution in [0.1, 0.15) is 51.9 Å². The van der Waals surface area contributed by atoms with E-state index in [4.69, 9.17) is 10.9 Å². The normalized spacial score (nSPS) is 37.0. The zero-order chi connectivity index (χ0) is 12.3. The van der Waals surface area contributed by atoms with Gasteiger partial charge in [-0.05, 0) is 51.0 Å². The van der Waals surface area contributed by atoms with Crippen molar-refractivity contribution >= 4 is 5.84 Å². The molecule has 3 N–H and O–H groups in total. The van der Waals surface area contributed by atoms with Crippen LogP contribution in [0, 0.1) is 5.92 Å². The fourth-order valence-electron chi connectivity index (χ4n) is 3.35. The molecule has 0 bridgehead atoms. The summed E-state index contributed by atoms with van der Waals surface area (Å²) in [6, 6.07) is 0.823. The van der Waals surface area contributed by atoms with Gasteiger partial charge in [0.2, 0.25) is 0 Å². The largest absolute Gasteiger partial charge is 0.409 e. The van der Waals surface area contributed by atoms with Crippen molar-refractivity contribution < 1.29 is 5.21 Å². The number of piperidine rings is 1. The standard InChI is InChI=1S/C13H25N3O/c1-10-5-7-11(8-6-10)16-9-3-2-4-12(16)13(14)15-17/h10-12,17H,2-9H2,1H3,(H2,14,15). The molecule has 1 unspecified atom stereocenters. The molecule has 4 heteroatoms. The molecule has 1 atom stereocenters. The predicted molar refractivity (Wildman–Crippen MR) is 69.2 cm³/mol. The van der Waals surface area contributed by atoms with Gasteiger partial charge in [-0.1, -0.05) is 18.5 Å². The number of oxime groups is 1. The zero-order valence-corrected chi connectivity index (χ0v) is 10.8. The molecule has 0 aromatic rings. The van der Waals surface area contributed by atoms with Crippen LogP contribution >= 0.6 is 0 Å². The highest BCUT2D eigenvalue weighted by Gasteiger charge is 2.33. The minimum absolute atomic E-state index is 0.173. The van der Waals surface area contributed by atoms with Crippen LogP contribution in [0.5, 0.6) is 0 Å². The number of likely N-dealkylation sites (tertiary alicyclic amines) is 1. The molecule has 17 heavy (non-hydrogen) atoms. The maximum absolute atomic E-state index is 8.88. The van der Waals surface area contributed by atoms with Crippen molar-refractivity contribution in [1.82, 2.24) is 4.90 Å². The summed E-state index contributed by atoms with van der Waals surface area (Å²) in [5.41, 5.74) is 5.83. The van der Waals surface area contributed by atoms with Crippen LogP contribution in [-0.2, 0) is 0 Å². The van der Waals surface area contributed by atoms with Crippen LogP contribution in [0.2, 0.25) is 0 Å². The fraction of sp³-hybridized carbons (Fsp3) is 0.923. The van der Waals surface area contributed by atoms with E-state index in [1.165, 1.54) is 38.5 Å². The number of amidine groups is 1. The third kappa shape index (κ3) is 2.92. The van der Waals surface area contributed by atoms with Gasteiger partial charge in [-0.15, -0.1) is 0 Å². The maximum atomic E-state index is 8.88. The van der Waals surface area contributed by atoms with Gasteiger partial charge in [-0.25, -0.2) is 0 Å². The smallest absolute Gasteiger partial charge is 0.156 e. The highest BCUT2D eigenvalue weighted by molar-refractivity contribution is 5.85. The summed E-state index contributed by atoms with van der Waals surface area (Å²) in [4.78, 5) is 2.49. The van der Waals surface area contributed by atoms with E-state index in [0.29, 0.717) is 11.9 Å². The zero-order valence-electron chi connectivity index (χ0n) is 10.8. The van der Waals surface area contributed by atoms with E-state index in [0.717, 1.165) is 18.9 Å². The van der Waals surface area contributed by atoms with Crippen molar-refractivity contribution in [2.75, 3.05) is 6.54 Å². The van der Waals surface area contributed by atoms with Gasteiger partial charge in [0.25, 0.3) is 0 Å². The second-order valence-corrected chi connectivity index (χ2v) is 5.69. The molecular weight excluding hydrogens is 214 g/mol. The maximum Gasteiger partial charge on any atom is 0.156 e. The van der Waals surface area contributed by atoms with E-state index in [1.807, 2.05) is 0 Å².